The van der Waals surface area contributed by atoms with Gasteiger partial charge in [-0.25, -0.2) is 4.98 Å². The number of aromatic nitrogens is 2. The second-order valence-electron chi connectivity index (χ2n) is 8.96. The zero-order valence-corrected chi connectivity index (χ0v) is 25.3. The van der Waals surface area contributed by atoms with Gasteiger partial charge >= 0.3 is 6.18 Å². The van der Waals surface area contributed by atoms with Crippen molar-refractivity contribution in [1.82, 2.24) is 9.66 Å². The fraction of sp³-hybridized carbons (Fsp3) is 0.100. The Morgan fingerprint density at radius 2 is 1.79 bits per heavy atom. The van der Waals surface area contributed by atoms with Crippen LogP contribution in [0.25, 0.3) is 22.3 Å². The minimum absolute atomic E-state index is 0.0377. The van der Waals surface area contributed by atoms with Crippen LogP contribution >= 0.6 is 45.8 Å². The molecule has 42 heavy (non-hydrogen) atoms. The summed E-state index contributed by atoms with van der Waals surface area (Å²) in [6.07, 6.45) is -3.17. The monoisotopic (exact) mass is 723 g/mol. The van der Waals surface area contributed by atoms with Gasteiger partial charge in [0.15, 0.2) is 17.3 Å². The maximum Gasteiger partial charge on any atom is 0.416 e. The van der Waals surface area contributed by atoms with Crippen LogP contribution in [0.2, 0.25) is 10.0 Å². The molecule has 0 amide bonds. The Morgan fingerprint density at radius 3 is 2.52 bits per heavy atom. The first-order chi connectivity index (χ1) is 20.0. The van der Waals surface area contributed by atoms with E-state index < -0.39 is 17.3 Å². The largest absolute Gasteiger partial charge is 0.493 e. The molecule has 5 aromatic rings. The third-order valence-electron chi connectivity index (χ3n) is 6.14. The number of fused-ring (bicyclic) bond motifs is 1. The topological polar surface area (TPSA) is 65.7 Å². The molecule has 0 saturated heterocycles. The molecule has 1 heterocycles. The van der Waals surface area contributed by atoms with Crippen molar-refractivity contribution in [3.8, 4) is 22.9 Å². The minimum atomic E-state index is -4.57. The van der Waals surface area contributed by atoms with Crippen LogP contribution in [0.5, 0.6) is 11.5 Å². The predicted octanol–water partition coefficient (Wildman–Crippen LogP) is 8.46. The third-order valence-corrected chi connectivity index (χ3v) is 7.68. The number of alkyl halides is 3. The number of halogens is 6. The lowest BCUT2D eigenvalue weighted by Crippen LogP contribution is -2.20. The lowest BCUT2D eigenvalue weighted by atomic mass is 10.1. The average molecular weight is 724 g/mol. The first kappa shape index (κ1) is 29.9. The van der Waals surface area contributed by atoms with Crippen LogP contribution in [0.3, 0.4) is 0 Å². The summed E-state index contributed by atoms with van der Waals surface area (Å²) in [6.45, 7) is 0.204. The lowest BCUT2D eigenvalue weighted by Gasteiger charge is -2.14. The molecule has 0 spiro atoms. The number of hydrogen-bond donors (Lipinski definition) is 0. The summed E-state index contributed by atoms with van der Waals surface area (Å²) in [5.41, 5.74) is 0.372. The van der Waals surface area contributed by atoms with E-state index >= 15 is 0 Å². The Hall–Kier alpha value is -3.61. The molecular weight excluding hydrogens is 705 g/mol. The molecule has 0 bridgehead atoms. The Bertz CT molecular complexity index is 1890. The summed E-state index contributed by atoms with van der Waals surface area (Å²) in [5.74, 6) is 0.852. The van der Waals surface area contributed by atoms with Crippen LogP contribution < -0.4 is 15.0 Å². The molecule has 0 atom stereocenters. The average Bonchev–Trinajstić information content (AvgIpc) is 2.97. The van der Waals surface area contributed by atoms with Crippen molar-refractivity contribution in [2.75, 3.05) is 7.11 Å². The van der Waals surface area contributed by atoms with E-state index in [1.807, 2.05) is 0 Å². The molecule has 5 rings (SSSR count). The highest BCUT2D eigenvalue weighted by Crippen LogP contribution is 2.35. The van der Waals surface area contributed by atoms with E-state index in [2.05, 4.69) is 32.7 Å². The van der Waals surface area contributed by atoms with E-state index in [9.17, 15) is 18.0 Å². The highest BCUT2D eigenvalue weighted by molar-refractivity contribution is 14.1. The summed E-state index contributed by atoms with van der Waals surface area (Å²) in [6, 6.07) is 19.8. The van der Waals surface area contributed by atoms with Crippen LogP contribution in [0.1, 0.15) is 16.7 Å². The Kier molecular flexibility index (Phi) is 8.76. The van der Waals surface area contributed by atoms with E-state index in [1.54, 1.807) is 54.6 Å². The van der Waals surface area contributed by atoms with Gasteiger partial charge in [-0.1, -0.05) is 53.5 Å². The highest BCUT2D eigenvalue weighted by Gasteiger charge is 2.31. The van der Waals surface area contributed by atoms with Crippen LogP contribution in [0.4, 0.5) is 13.2 Å². The zero-order chi connectivity index (χ0) is 30.0. The van der Waals surface area contributed by atoms with Gasteiger partial charge in [0, 0.05) is 5.56 Å². The molecule has 0 aliphatic heterocycles. The number of rotatable bonds is 7. The van der Waals surface area contributed by atoms with Crippen molar-refractivity contribution >= 4 is 62.9 Å². The number of hydrogen-bond acceptors (Lipinski definition) is 5. The predicted molar refractivity (Wildman–Crippen MR) is 166 cm³/mol. The van der Waals surface area contributed by atoms with Crippen molar-refractivity contribution in [1.29, 1.82) is 0 Å². The molecule has 214 valence electrons. The van der Waals surface area contributed by atoms with E-state index in [-0.39, 0.29) is 23.4 Å². The molecule has 4 aromatic carbocycles. The number of ether oxygens (including phenoxy) is 2. The van der Waals surface area contributed by atoms with Gasteiger partial charge in [0.05, 0.1) is 43.4 Å². The molecule has 0 saturated carbocycles. The molecule has 0 aliphatic rings. The molecule has 0 fully saturated rings. The minimum Gasteiger partial charge on any atom is -0.493 e. The van der Waals surface area contributed by atoms with Crippen molar-refractivity contribution < 1.29 is 22.6 Å². The number of para-hydroxylation sites is 1. The second-order valence-corrected chi connectivity index (χ2v) is 10.9. The zero-order valence-electron chi connectivity index (χ0n) is 21.6. The summed E-state index contributed by atoms with van der Waals surface area (Å²) < 4.78 is 53.6. The normalized spacial score (nSPS) is 11.8. The van der Waals surface area contributed by atoms with Crippen LogP contribution in [-0.4, -0.2) is 23.0 Å². The molecule has 0 N–H and O–H groups in total. The SMILES string of the molecule is COc1cc(C=Nn2c(-c3cccc(C(F)(F)F)c3)nc3ccccc3c2=O)cc(I)c1OCc1ccc(Cl)c(Cl)c1. The standard InChI is InChI=1S/C30H19Cl2F3IN3O3/c1-41-26-13-18(12-24(36)27(26)42-16-17-9-10-22(31)23(32)11-17)15-37-39-28(19-5-4-6-20(14-19)30(33,34)35)38-25-8-3-2-7-21(25)29(39)40/h2-15H,16H2,1H3. The van der Waals surface area contributed by atoms with Crippen LogP contribution in [-0.2, 0) is 12.8 Å². The van der Waals surface area contributed by atoms with E-state index in [4.69, 9.17) is 32.7 Å². The van der Waals surface area contributed by atoms with E-state index in [0.717, 1.165) is 22.4 Å². The number of methoxy groups -OCH3 is 1. The third kappa shape index (κ3) is 6.40. The smallest absolute Gasteiger partial charge is 0.416 e. The summed E-state index contributed by atoms with van der Waals surface area (Å²) in [4.78, 5) is 17.9. The summed E-state index contributed by atoms with van der Waals surface area (Å²) >= 11 is 14.2. The fourth-order valence-electron chi connectivity index (χ4n) is 4.12. The molecule has 0 aliphatic carbocycles. The van der Waals surface area contributed by atoms with Gasteiger partial charge < -0.3 is 9.47 Å². The molecule has 0 radical (unpaired) electrons. The van der Waals surface area contributed by atoms with Gasteiger partial charge in [0.1, 0.15) is 6.61 Å². The van der Waals surface area contributed by atoms with Crippen molar-refractivity contribution in [3.63, 3.8) is 0 Å². The highest BCUT2D eigenvalue weighted by atomic mass is 127. The van der Waals surface area contributed by atoms with Gasteiger partial charge in [-0.3, -0.25) is 4.79 Å². The van der Waals surface area contributed by atoms with Gasteiger partial charge in [0.25, 0.3) is 5.56 Å². The number of benzene rings is 4. The number of nitrogens with zero attached hydrogens (tertiary/aromatic N) is 3. The van der Waals surface area contributed by atoms with Crippen LogP contribution in [0.15, 0.2) is 88.8 Å². The van der Waals surface area contributed by atoms with Gasteiger partial charge in [-0.2, -0.15) is 22.9 Å². The van der Waals surface area contributed by atoms with E-state index in [1.165, 1.54) is 25.5 Å². The lowest BCUT2D eigenvalue weighted by molar-refractivity contribution is -0.137. The second kappa shape index (κ2) is 12.3. The van der Waals surface area contributed by atoms with Crippen LogP contribution in [0, 0.1) is 3.57 Å². The van der Waals surface area contributed by atoms with Crippen molar-refractivity contribution in [3.05, 3.63) is 120 Å². The molecule has 1 aromatic heterocycles. The Balaban J connectivity index is 1.54. The maximum absolute atomic E-state index is 13.5. The first-order valence-corrected chi connectivity index (χ1v) is 14.1. The summed E-state index contributed by atoms with van der Waals surface area (Å²) in [5, 5.41) is 5.48. The Labute approximate surface area is 261 Å². The molecule has 12 heteroatoms. The molecule has 0 unspecified atom stereocenters. The maximum atomic E-state index is 13.5. The van der Waals surface area contributed by atoms with Gasteiger partial charge in [-0.05, 0) is 82.2 Å². The van der Waals surface area contributed by atoms with Gasteiger partial charge in [-0.15, -0.1) is 0 Å². The quantitative estimate of drug-likeness (QED) is 0.125. The molecular formula is C30H19Cl2F3IN3O3. The van der Waals surface area contributed by atoms with Gasteiger partial charge in [0.2, 0.25) is 0 Å². The first-order valence-electron chi connectivity index (χ1n) is 12.2. The summed E-state index contributed by atoms with van der Waals surface area (Å²) in [7, 11) is 1.49. The fourth-order valence-corrected chi connectivity index (χ4v) is 5.22. The molecule has 6 nitrogen and oxygen atoms in total. The van der Waals surface area contributed by atoms with Crippen molar-refractivity contribution in [2.24, 2.45) is 5.10 Å². The Morgan fingerprint density at radius 1 is 1.00 bits per heavy atom. The van der Waals surface area contributed by atoms with Crippen molar-refractivity contribution in [2.45, 2.75) is 12.8 Å². The van der Waals surface area contributed by atoms with E-state index in [0.29, 0.717) is 36.2 Å².